The number of hydrogen-bond donors (Lipinski definition) is 0. The van der Waals surface area contributed by atoms with Gasteiger partial charge in [0.1, 0.15) is 11.6 Å². The fraction of sp³-hybridized carbons (Fsp3) is 0.545. The van der Waals surface area contributed by atoms with Crippen LogP contribution in [0, 0.1) is 11.7 Å². The zero-order valence-electron chi connectivity index (χ0n) is 16.6. The predicted octanol–water partition coefficient (Wildman–Crippen LogP) is 4.06. The Morgan fingerprint density at radius 2 is 2.00 bits per heavy atom. The standard InChI is InChI=1S/C22H28FN3O2/c1-15(2)19-13-26(22(27)20-21(17-6-7-17)28-14-24-20)11-3-10-25(19)12-16-4-8-18(23)9-5-16/h4-5,8-9,14-15,17,19H,3,6-7,10-13H2,1-2H3. The third-order valence-electron chi connectivity index (χ3n) is 5.85. The molecule has 5 nitrogen and oxygen atoms in total. The molecule has 1 aliphatic carbocycles. The first-order valence-electron chi connectivity index (χ1n) is 10.2. The van der Waals surface area contributed by atoms with E-state index in [-0.39, 0.29) is 17.8 Å². The average Bonchev–Trinajstić information content (AvgIpc) is 3.44. The minimum absolute atomic E-state index is 0.00932. The van der Waals surface area contributed by atoms with E-state index in [4.69, 9.17) is 4.42 Å². The molecule has 4 rings (SSSR count). The Kier molecular flexibility index (Phi) is 5.49. The van der Waals surface area contributed by atoms with E-state index in [1.54, 1.807) is 0 Å². The smallest absolute Gasteiger partial charge is 0.276 e. The second-order valence-electron chi connectivity index (χ2n) is 8.35. The summed E-state index contributed by atoms with van der Waals surface area (Å²) in [6.07, 6.45) is 4.47. The minimum atomic E-state index is -0.212. The summed E-state index contributed by atoms with van der Waals surface area (Å²) in [4.78, 5) is 21.8. The van der Waals surface area contributed by atoms with Gasteiger partial charge in [-0.05, 0) is 42.9 Å². The van der Waals surface area contributed by atoms with E-state index < -0.39 is 0 Å². The summed E-state index contributed by atoms with van der Waals surface area (Å²) in [5.74, 6) is 1.30. The predicted molar refractivity (Wildman–Crippen MR) is 104 cm³/mol. The first kappa shape index (κ1) is 19.1. The maximum Gasteiger partial charge on any atom is 0.276 e. The molecule has 1 saturated carbocycles. The molecular weight excluding hydrogens is 357 g/mol. The highest BCUT2D eigenvalue weighted by Crippen LogP contribution is 2.41. The number of oxazole rings is 1. The Morgan fingerprint density at radius 3 is 2.68 bits per heavy atom. The number of carbonyl (C=O) groups is 1. The molecule has 6 heteroatoms. The summed E-state index contributed by atoms with van der Waals surface area (Å²) in [7, 11) is 0. The largest absolute Gasteiger partial charge is 0.447 e. The zero-order valence-corrected chi connectivity index (χ0v) is 16.6. The van der Waals surface area contributed by atoms with Crippen molar-refractivity contribution in [2.45, 2.75) is 51.6 Å². The van der Waals surface area contributed by atoms with Crippen LogP contribution >= 0.6 is 0 Å². The van der Waals surface area contributed by atoms with E-state index in [2.05, 4.69) is 23.7 Å². The molecule has 2 heterocycles. The number of amides is 1. The van der Waals surface area contributed by atoms with Crippen molar-refractivity contribution in [1.82, 2.24) is 14.8 Å². The molecule has 1 amide bonds. The molecule has 0 spiro atoms. The molecular formula is C22H28FN3O2. The number of aromatic nitrogens is 1. The van der Waals surface area contributed by atoms with Crippen LogP contribution in [0.5, 0.6) is 0 Å². The number of carbonyl (C=O) groups excluding carboxylic acids is 1. The van der Waals surface area contributed by atoms with Gasteiger partial charge in [0.25, 0.3) is 5.91 Å². The Hall–Kier alpha value is -2.21. The number of halogens is 1. The van der Waals surface area contributed by atoms with Crippen molar-refractivity contribution in [1.29, 1.82) is 0 Å². The molecule has 150 valence electrons. The molecule has 2 fully saturated rings. The molecule has 1 unspecified atom stereocenters. The molecule has 1 aromatic heterocycles. The molecule has 0 bridgehead atoms. The van der Waals surface area contributed by atoms with Gasteiger partial charge < -0.3 is 9.32 Å². The molecule has 1 atom stereocenters. The molecule has 0 radical (unpaired) electrons. The first-order valence-corrected chi connectivity index (χ1v) is 10.2. The monoisotopic (exact) mass is 385 g/mol. The normalized spacial score (nSPS) is 21.1. The van der Waals surface area contributed by atoms with E-state index in [1.165, 1.54) is 18.5 Å². The van der Waals surface area contributed by atoms with Crippen LogP contribution in [-0.4, -0.2) is 46.4 Å². The lowest BCUT2D eigenvalue weighted by Gasteiger charge is -2.34. The highest BCUT2D eigenvalue weighted by atomic mass is 19.1. The van der Waals surface area contributed by atoms with Crippen LogP contribution in [0.15, 0.2) is 35.1 Å². The Balaban J connectivity index is 1.50. The fourth-order valence-corrected chi connectivity index (χ4v) is 4.10. The summed E-state index contributed by atoms with van der Waals surface area (Å²) in [6.45, 7) is 7.47. The second kappa shape index (κ2) is 8.03. The van der Waals surface area contributed by atoms with E-state index in [1.807, 2.05) is 17.0 Å². The fourth-order valence-electron chi connectivity index (χ4n) is 4.10. The van der Waals surface area contributed by atoms with Crippen molar-refractivity contribution in [2.75, 3.05) is 19.6 Å². The molecule has 1 aromatic carbocycles. The van der Waals surface area contributed by atoms with Gasteiger partial charge in [0.15, 0.2) is 12.1 Å². The van der Waals surface area contributed by atoms with Gasteiger partial charge in [0, 0.05) is 38.1 Å². The third kappa shape index (κ3) is 4.12. The topological polar surface area (TPSA) is 49.6 Å². The van der Waals surface area contributed by atoms with Gasteiger partial charge >= 0.3 is 0 Å². The highest BCUT2D eigenvalue weighted by molar-refractivity contribution is 5.93. The van der Waals surface area contributed by atoms with Gasteiger partial charge in [-0.25, -0.2) is 9.37 Å². The third-order valence-corrected chi connectivity index (χ3v) is 5.85. The van der Waals surface area contributed by atoms with E-state index >= 15 is 0 Å². The van der Waals surface area contributed by atoms with Crippen molar-refractivity contribution in [2.24, 2.45) is 5.92 Å². The van der Waals surface area contributed by atoms with Crippen LogP contribution in [0.1, 0.15) is 60.8 Å². The number of hydrogen-bond acceptors (Lipinski definition) is 4. The molecule has 0 N–H and O–H groups in total. The highest BCUT2D eigenvalue weighted by Gasteiger charge is 2.36. The lowest BCUT2D eigenvalue weighted by molar-refractivity contribution is 0.0695. The van der Waals surface area contributed by atoms with Crippen molar-refractivity contribution in [3.63, 3.8) is 0 Å². The molecule has 28 heavy (non-hydrogen) atoms. The lowest BCUT2D eigenvalue weighted by atomic mass is 10.0. The Morgan fingerprint density at radius 1 is 1.25 bits per heavy atom. The Labute approximate surface area is 165 Å². The first-order chi connectivity index (χ1) is 13.5. The lowest BCUT2D eigenvalue weighted by Crippen LogP contribution is -2.45. The molecule has 2 aliphatic rings. The Bertz CT molecular complexity index is 813. The number of benzene rings is 1. The molecule has 1 aliphatic heterocycles. The second-order valence-corrected chi connectivity index (χ2v) is 8.35. The van der Waals surface area contributed by atoms with Crippen LogP contribution in [-0.2, 0) is 6.54 Å². The zero-order chi connectivity index (χ0) is 19.7. The summed E-state index contributed by atoms with van der Waals surface area (Å²) in [5.41, 5.74) is 1.59. The van der Waals surface area contributed by atoms with Gasteiger partial charge in [0.2, 0.25) is 0 Å². The van der Waals surface area contributed by atoms with Crippen LogP contribution in [0.25, 0.3) is 0 Å². The van der Waals surface area contributed by atoms with Gasteiger partial charge in [-0.3, -0.25) is 9.69 Å². The summed E-state index contributed by atoms with van der Waals surface area (Å²) < 4.78 is 18.7. The minimum Gasteiger partial charge on any atom is -0.447 e. The van der Waals surface area contributed by atoms with Gasteiger partial charge in [-0.2, -0.15) is 0 Å². The van der Waals surface area contributed by atoms with E-state index in [9.17, 15) is 9.18 Å². The van der Waals surface area contributed by atoms with Crippen LogP contribution in [0.4, 0.5) is 4.39 Å². The van der Waals surface area contributed by atoms with E-state index in [0.717, 1.165) is 50.2 Å². The van der Waals surface area contributed by atoms with Crippen LogP contribution in [0.2, 0.25) is 0 Å². The van der Waals surface area contributed by atoms with Crippen molar-refractivity contribution >= 4 is 5.91 Å². The SMILES string of the molecule is CC(C)C1CN(C(=O)c2ncoc2C2CC2)CCCN1Cc1ccc(F)cc1. The average molecular weight is 385 g/mol. The summed E-state index contributed by atoms with van der Waals surface area (Å²) in [5, 5.41) is 0. The number of nitrogens with zero attached hydrogens (tertiary/aromatic N) is 3. The molecule has 1 saturated heterocycles. The number of rotatable bonds is 5. The maximum atomic E-state index is 13.2. The van der Waals surface area contributed by atoms with Crippen LogP contribution < -0.4 is 0 Å². The van der Waals surface area contributed by atoms with Gasteiger partial charge in [-0.15, -0.1) is 0 Å². The van der Waals surface area contributed by atoms with Gasteiger partial charge in [-0.1, -0.05) is 26.0 Å². The van der Waals surface area contributed by atoms with E-state index in [0.29, 0.717) is 24.1 Å². The quantitative estimate of drug-likeness (QED) is 0.779. The summed E-state index contributed by atoms with van der Waals surface area (Å²) >= 11 is 0. The van der Waals surface area contributed by atoms with Gasteiger partial charge in [0.05, 0.1) is 0 Å². The molecule has 2 aromatic rings. The summed E-state index contributed by atoms with van der Waals surface area (Å²) in [6, 6.07) is 6.96. The van der Waals surface area contributed by atoms with Crippen molar-refractivity contribution in [3.8, 4) is 0 Å². The van der Waals surface area contributed by atoms with Crippen LogP contribution in [0.3, 0.4) is 0 Å². The van der Waals surface area contributed by atoms with Crippen molar-refractivity contribution in [3.05, 3.63) is 53.5 Å². The van der Waals surface area contributed by atoms with Crippen molar-refractivity contribution < 1.29 is 13.6 Å². The maximum absolute atomic E-state index is 13.2.